The number of carbonyl (C=O) groups is 3. The van der Waals surface area contributed by atoms with Gasteiger partial charge < -0.3 is 20.1 Å². The van der Waals surface area contributed by atoms with Crippen molar-refractivity contribution in [1.82, 2.24) is 9.38 Å². The molecular weight excluding hydrogens is 496 g/mol. The number of aryl methyl sites for hydroxylation is 1. The Balaban J connectivity index is 1.76. The van der Waals surface area contributed by atoms with Gasteiger partial charge in [-0.3, -0.25) is 14.4 Å². The van der Waals surface area contributed by atoms with Crippen LogP contribution in [0.5, 0.6) is 5.75 Å². The average molecular weight is 521 g/mol. The van der Waals surface area contributed by atoms with Crippen molar-refractivity contribution < 1.29 is 23.9 Å². The van der Waals surface area contributed by atoms with Gasteiger partial charge in [0.2, 0.25) is 0 Å². The zero-order chi connectivity index (χ0) is 26.5. The molecule has 2 N–H and O–H groups in total. The standard InChI is InChI=1S/C26H24N4O6S/c1-4-7-17-14-20(31)30-21(23(32)29-18-8-5-6-9-19(18)35-2)22(37-26(30)28-17)24(33)27-16-12-10-15(11-13-16)25(34)36-3/h5-6,8-14H,4,7H2,1-3H3,(H,27,33)(H,29,32). The average Bonchev–Trinajstić information content (AvgIpc) is 3.29. The van der Waals surface area contributed by atoms with Crippen LogP contribution in [-0.4, -0.2) is 41.4 Å². The molecule has 2 aromatic heterocycles. The van der Waals surface area contributed by atoms with Gasteiger partial charge >= 0.3 is 5.97 Å². The van der Waals surface area contributed by atoms with Gasteiger partial charge in [-0.05, 0) is 42.8 Å². The molecule has 0 aliphatic carbocycles. The molecule has 10 nitrogen and oxygen atoms in total. The number of thiazole rings is 1. The topological polar surface area (TPSA) is 128 Å². The lowest BCUT2D eigenvalue weighted by molar-refractivity contribution is 0.0600. The third-order valence-electron chi connectivity index (χ3n) is 5.42. The lowest BCUT2D eigenvalue weighted by Gasteiger charge is -2.11. The number of fused-ring (bicyclic) bond motifs is 1. The first-order valence-corrected chi connectivity index (χ1v) is 12.2. The summed E-state index contributed by atoms with van der Waals surface area (Å²) in [5, 5.41) is 5.45. The molecular formula is C26H24N4O6S. The number of ether oxygens (including phenoxy) is 2. The molecule has 37 heavy (non-hydrogen) atoms. The molecule has 0 fully saturated rings. The zero-order valence-corrected chi connectivity index (χ0v) is 21.2. The molecule has 0 unspecified atom stereocenters. The Hall–Kier alpha value is -4.51. The molecule has 2 amide bonds. The van der Waals surface area contributed by atoms with Gasteiger partial charge in [0.25, 0.3) is 17.4 Å². The van der Waals surface area contributed by atoms with Gasteiger partial charge in [-0.1, -0.05) is 36.8 Å². The Bertz CT molecular complexity index is 1540. The highest BCUT2D eigenvalue weighted by molar-refractivity contribution is 7.19. The van der Waals surface area contributed by atoms with Crippen LogP contribution >= 0.6 is 11.3 Å². The monoisotopic (exact) mass is 520 g/mol. The fourth-order valence-electron chi connectivity index (χ4n) is 3.69. The Labute approximate surface area is 215 Å². The summed E-state index contributed by atoms with van der Waals surface area (Å²) < 4.78 is 11.1. The molecule has 2 aromatic carbocycles. The normalized spacial score (nSPS) is 10.7. The second-order valence-corrected chi connectivity index (χ2v) is 8.89. The van der Waals surface area contributed by atoms with Crippen LogP contribution in [-0.2, 0) is 11.2 Å². The lowest BCUT2D eigenvalue weighted by atomic mass is 10.2. The number of rotatable bonds is 8. The van der Waals surface area contributed by atoms with Crippen LogP contribution < -0.4 is 20.9 Å². The summed E-state index contributed by atoms with van der Waals surface area (Å²) in [4.78, 5) is 56.3. The van der Waals surface area contributed by atoms with E-state index in [1.807, 2.05) is 6.92 Å². The number of nitrogens with zero attached hydrogens (tertiary/aromatic N) is 2. The van der Waals surface area contributed by atoms with E-state index in [0.29, 0.717) is 34.8 Å². The molecule has 0 aliphatic rings. The van der Waals surface area contributed by atoms with Crippen molar-refractivity contribution >= 4 is 45.5 Å². The summed E-state index contributed by atoms with van der Waals surface area (Å²) in [7, 11) is 2.75. The summed E-state index contributed by atoms with van der Waals surface area (Å²) in [5.74, 6) is -1.37. The summed E-state index contributed by atoms with van der Waals surface area (Å²) in [6, 6.07) is 14.3. The van der Waals surface area contributed by atoms with Crippen LogP contribution in [0.2, 0.25) is 0 Å². The fraction of sp³-hybridized carbons (Fsp3) is 0.192. The molecule has 190 valence electrons. The smallest absolute Gasteiger partial charge is 0.337 e. The minimum atomic E-state index is -0.672. The Morgan fingerprint density at radius 1 is 1.00 bits per heavy atom. The molecule has 0 saturated heterocycles. The van der Waals surface area contributed by atoms with Crippen molar-refractivity contribution in [3.8, 4) is 5.75 Å². The number of hydrogen-bond acceptors (Lipinski definition) is 8. The van der Waals surface area contributed by atoms with Crippen LogP contribution in [0.1, 0.15) is 49.6 Å². The van der Waals surface area contributed by atoms with E-state index in [2.05, 4.69) is 20.4 Å². The number of carbonyl (C=O) groups excluding carboxylic acids is 3. The number of anilines is 2. The van der Waals surface area contributed by atoms with E-state index in [4.69, 9.17) is 4.74 Å². The molecule has 4 rings (SSSR count). The van der Waals surface area contributed by atoms with Crippen molar-refractivity contribution in [1.29, 1.82) is 0 Å². The first-order chi connectivity index (χ1) is 17.9. The van der Waals surface area contributed by atoms with Crippen LogP contribution in [0.4, 0.5) is 11.4 Å². The van der Waals surface area contributed by atoms with E-state index in [-0.39, 0.29) is 15.5 Å². The maximum atomic E-state index is 13.5. The van der Waals surface area contributed by atoms with Gasteiger partial charge in [0.1, 0.15) is 16.3 Å². The number of para-hydroxylation sites is 2. The Morgan fingerprint density at radius 2 is 1.73 bits per heavy atom. The van der Waals surface area contributed by atoms with Crippen LogP contribution in [0.3, 0.4) is 0 Å². The molecule has 2 heterocycles. The van der Waals surface area contributed by atoms with Gasteiger partial charge in [0, 0.05) is 17.4 Å². The summed E-state index contributed by atoms with van der Waals surface area (Å²) in [5.41, 5.74) is 1.06. The number of esters is 1. The SMILES string of the molecule is CCCc1cc(=O)n2c(C(=O)Nc3ccccc3OC)c(C(=O)Nc3ccc(C(=O)OC)cc3)sc2n1. The number of methoxy groups -OCH3 is 2. The lowest BCUT2D eigenvalue weighted by Crippen LogP contribution is -2.25. The molecule has 0 spiro atoms. The van der Waals surface area contributed by atoms with Crippen molar-refractivity contribution in [2.24, 2.45) is 0 Å². The van der Waals surface area contributed by atoms with Crippen molar-refractivity contribution in [3.63, 3.8) is 0 Å². The zero-order valence-electron chi connectivity index (χ0n) is 20.4. The van der Waals surface area contributed by atoms with Gasteiger partial charge in [0.15, 0.2) is 4.96 Å². The van der Waals surface area contributed by atoms with Gasteiger partial charge in [-0.25, -0.2) is 14.2 Å². The number of nitrogens with one attached hydrogen (secondary N) is 2. The van der Waals surface area contributed by atoms with Crippen molar-refractivity contribution in [3.05, 3.63) is 86.8 Å². The summed E-state index contributed by atoms with van der Waals surface area (Å²) >= 11 is 0.940. The second-order valence-electron chi connectivity index (χ2n) is 7.91. The maximum Gasteiger partial charge on any atom is 0.337 e. The van der Waals surface area contributed by atoms with E-state index in [9.17, 15) is 19.2 Å². The van der Waals surface area contributed by atoms with Crippen LogP contribution in [0.25, 0.3) is 4.96 Å². The first kappa shape index (κ1) is 25.6. The molecule has 0 bridgehead atoms. The number of aromatic nitrogens is 2. The molecule has 0 saturated carbocycles. The summed E-state index contributed by atoms with van der Waals surface area (Å²) in [6.45, 7) is 1.97. The molecule has 0 radical (unpaired) electrons. The minimum absolute atomic E-state index is 0.00249. The van der Waals surface area contributed by atoms with E-state index in [1.54, 1.807) is 24.3 Å². The third-order valence-corrected chi connectivity index (χ3v) is 6.46. The number of amides is 2. The minimum Gasteiger partial charge on any atom is -0.495 e. The number of benzene rings is 2. The third kappa shape index (κ3) is 5.36. The number of hydrogen-bond donors (Lipinski definition) is 2. The van der Waals surface area contributed by atoms with E-state index < -0.39 is 23.3 Å². The Kier molecular flexibility index (Phi) is 7.63. The highest BCUT2D eigenvalue weighted by Gasteiger charge is 2.27. The predicted octanol–water partition coefficient (Wildman–Crippen LogP) is 4.01. The largest absolute Gasteiger partial charge is 0.495 e. The first-order valence-electron chi connectivity index (χ1n) is 11.4. The second kappa shape index (κ2) is 11.0. The molecule has 4 aromatic rings. The van der Waals surface area contributed by atoms with Gasteiger partial charge in [-0.15, -0.1) is 0 Å². The van der Waals surface area contributed by atoms with Gasteiger partial charge in [0.05, 0.1) is 25.5 Å². The Morgan fingerprint density at radius 3 is 2.41 bits per heavy atom. The summed E-state index contributed by atoms with van der Waals surface area (Å²) in [6.07, 6.45) is 1.37. The fourth-order valence-corrected chi connectivity index (χ4v) is 4.73. The van der Waals surface area contributed by atoms with Crippen molar-refractivity contribution in [2.45, 2.75) is 19.8 Å². The molecule has 0 atom stereocenters. The van der Waals surface area contributed by atoms with E-state index >= 15 is 0 Å². The van der Waals surface area contributed by atoms with Crippen LogP contribution in [0, 0.1) is 0 Å². The van der Waals surface area contributed by atoms with Gasteiger partial charge in [-0.2, -0.15) is 0 Å². The highest BCUT2D eigenvalue weighted by Crippen LogP contribution is 2.27. The van der Waals surface area contributed by atoms with E-state index in [0.717, 1.165) is 22.2 Å². The highest BCUT2D eigenvalue weighted by atomic mass is 32.1. The molecule has 11 heteroatoms. The molecule has 0 aliphatic heterocycles. The maximum absolute atomic E-state index is 13.5. The van der Waals surface area contributed by atoms with E-state index in [1.165, 1.54) is 44.6 Å². The quantitative estimate of drug-likeness (QED) is 0.336. The predicted molar refractivity (Wildman–Crippen MR) is 140 cm³/mol. The van der Waals surface area contributed by atoms with Crippen LogP contribution in [0.15, 0.2) is 59.4 Å². The van der Waals surface area contributed by atoms with Crippen molar-refractivity contribution in [2.75, 3.05) is 24.9 Å².